The van der Waals surface area contributed by atoms with Crippen LogP contribution < -0.4 is 16.8 Å². The number of alkyl halides is 2. The van der Waals surface area contributed by atoms with Gasteiger partial charge in [0.25, 0.3) is 11.8 Å². The van der Waals surface area contributed by atoms with Crippen LogP contribution >= 0.6 is 0 Å². The van der Waals surface area contributed by atoms with Gasteiger partial charge in [0.15, 0.2) is 6.10 Å². The third kappa shape index (κ3) is 3.86. The summed E-state index contributed by atoms with van der Waals surface area (Å²) in [5.41, 5.74) is 10.7. The van der Waals surface area contributed by atoms with Gasteiger partial charge in [-0.2, -0.15) is 0 Å². The number of amides is 1. The molecule has 0 spiro atoms. The number of aliphatic hydroxyl groups is 2. The van der Waals surface area contributed by atoms with Gasteiger partial charge in [-0.3, -0.25) is 4.79 Å². The zero-order chi connectivity index (χ0) is 16.4. The minimum absolute atomic E-state index is 0.159. The smallest absolute Gasteiger partial charge is 0.294 e. The van der Waals surface area contributed by atoms with E-state index in [1.54, 1.807) is 6.92 Å². The summed E-state index contributed by atoms with van der Waals surface area (Å²) in [7, 11) is 1.39. The predicted molar refractivity (Wildman–Crippen MR) is 70.5 cm³/mol. The van der Waals surface area contributed by atoms with Gasteiger partial charge in [0, 0.05) is 19.1 Å². The van der Waals surface area contributed by atoms with Crippen LogP contribution in [0.25, 0.3) is 0 Å². The van der Waals surface area contributed by atoms with Crippen LogP contribution in [-0.4, -0.2) is 66.1 Å². The van der Waals surface area contributed by atoms with Gasteiger partial charge in [-0.05, 0) is 6.42 Å². The fraction of sp³-hybridized carbons (Fsp3) is 0.917. The molecule has 1 fully saturated rings. The second-order valence-electron chi connectivity index (χ2n) is 5.43. The Morgan fingerprint density at radius 1 is 1.57 bits per heavy atom. The van der Waals surface area contributed by atoms with Crippen molar-refractivity contribution in [3.63, 3.8) is 0 Å². The Hall–Kier alpha value is -0.870. The molecule has 7 nitrogen and oxygen atoms in total. The largest absolute Gasteiger partial charge is 0.388 e. The van der Waals surface area contributed by atoms with Gasteiger partial charge in [0.05, 0.1) is 18.7 Å². The molecule has 0 saturated heterocycles. The van der Waals surface area contributed by atoms with E-state index < -0.39 is 42.7 Å². The molecule has 1 aliphatic carbocycles. The van der Waals surface area contributed by atoms with Crippen LogP contribution in [0.4, 0.5) is 8.78 Å². The van der Waals surface area contributed by atoms with E-state index in [0.29, 0.717) is 0 Å². The fourth-order valence-electron chi connectivity index (χ4n) is 2.49. The Kier molecular flexibility index (Phi) is 6.00. The van der Waals surface area contributed by atoms with Crippen molar-refractivity contribution < 1.29 is 28.5 Å². The van der Waals surface area contributed by atoms with Crippen molar-refractivity contribution in [1.82, 2.24) is 5.32 Å². The van der Waals surface area contributed by atoms with Gasteiger partial charge in [-0.25, -0.2) is 8.78 Å². The maximum Gasteiger partial charge on any atom is 0.294 e. The number of carbonyl (C=O) groups is 1. The highest BCUT2D eigenvalue weighted by molar-refractivity contribution is 5.82. The second-order valence-corrected chi connectivity index (χ2v) is 5.43. The molecule has 6 atom stereocenters. The number of nitrogens with two attached hydrogens (primary N) is 2. The molecule has 0 aromatic rings. The van der Waals surface area contributed by atoms with Gasteiger partial charge < -0.3 is 31.7 Å². The lowest BCUT2D eigenvalue weighted by atomic mass is 9.79. The SMILES string of the molecule is CO[C@H]1[C@H](C)[C@@H](N)C[C@@H](NC(=O)C(O)C(F)(F)CN)[C@@H]1O. The average Bonchev–Trinajstić information content (AvgIpc) is 2.44. The Labute approximate surface area is 121 Å². The maximum absolute atomic E-state index is 13.2. The summed E-state index contributed by atoms with van der Waals surface area (Å²) in [5.74, 6) is -5.19. The summed E-state index contributed by atoms with van der Waals surface area (Å²) in [4.78, 5) is 11.7. The normalized spacial score (nSPS) is 35.3. The first-order chi connectivity index (χ1) is 9.65. The number of ether oxygens (including phenoxy) is 1. The van der Waals surface area contributed by atoms with Crippen molar-refractivity contribution in [3.05, 3.63) is 0 Å². The minimum Gasteiger partial charge on any atom is -0.388 e. The predicted octanol–water partition coefficient (Wildman–Crippen LogP) is -1.83. The highest BCUT2D eigenvalue weighted by atomic mass is 19.3. The number of methoxy groups -OCH3 is 1. The maximum atomic E-state index is 13.2. The number of hydrogen-bond acceptors (Lipinski definition) is 6. The van der Waals surface area contributed by atoms with Crippen LogP contribution in [0, 0.1) is 5.92 Å². The number of hydrogen-bond donors (Lipinski definition) is 5. The average molecular weight is 311 g/mol. The molecule has 1 rings (SSSR count). The summed E-state index contributed by atoms with van der Waals surface area (Å²) in [6, 6.07) is -1.26. The monoisotopic (exact) mass is 311 g/mol. The molecule has 0 aromatic carbocycles. The topological polar surface area (TPSA) is 131 Å². The molecule has 0 aromatic heterocycles. The van der Waals surface area contributed by atoms with Crippen LogP contribution in [-0.2, 0) is 9.53 Å². The molecular weight excluding hydrogens is 288 g/mol. The summed E-state index contributed by atoms with van der Waals surface area (Å²) in [5, 5.41) is 21.6. The Morgan fingerprint density at radius 2 is 2.14 bits per heavy atom. The standard InChI is InChI=1S/C12H23F2N3O4/c1-5-6(16)3-7(8(18)9(5)21-2)17-11(20)10(19)12(13,14)4-15/h5-10,18-19H,3-4,15-16H2,1-2H3,(H,17,20)/t5-,6+,7-,8+,9+,10?/m1/s1. The fourth-order valence-corrected chi connectivity index (χ4v) is 2.49. The van der Waals surface area contributed by atoms with E-state index >= 15 is 0 Å². The van der Waals surface area contributed by atoms with Crippen LogP contribution in [0.5, 0.6) is 0 Å². The Balaban J connectivity index is 2.75. The van der Waals surface area contributed by atoms with E-state index in [2.05, 4.69) is 5.32 Å². The lowest BCUT2D eigenvalue weighted by molar-refractivity contribution is -0.155. The van der Waals surface area contributed by atoms with Crippen LogP contribution in [0.1, 0.15) is 13.3 Å². The molecule has 1 unspecified atom stereocenters. The van der Waals surface area contributed by atoms with E-state index in [0.717, 1.165) is 0 Å². The summed E-state index contributed by atoms with van der Waals surface area (Å²) in [6.07, 6.45) is -4.13. The van der Waals surface area contributed by atoms with Crippen molar-refractivity contribution in [1.29, 1.82) is 0 Å². The van der Waals surface area contributed by atoms with Gasteiger partial charge in [0.2, 0.25) is 0 Å². The minimum atomic E-state index is -3.74. The molecule has 0 aliphatic heterocycles. The third-order valence-electron chi connectivity index (χ3n) is 3.99. The van der Waals surface area contributed by atoms with E-state index in [1.165, 1.54) is 7.11 Å². The lowest BCUT2D eigenvalue weighted by Crippen LogP contribution is -2.62. The third-order valence-corrected chi connectivity index (χ3v) is 3.99. The van der Waals surface area contributed by atoms with Gasteiger partial charge in [0.1, 0.15) is 6.10 Å². The lowest BCUT2D eigenvalue weighted by Gasteiger charge is -2.42. The van der Waals surface area contributed by atoms with E-state index in [4.69, 9.17) is 16.2 Å². The number of carbonyl (C=O) groups excluding carboxylic acids is 1. The van der Waals surface area contributed by atoms with Crippen molar-refractivity contribution in [2.45, 2.75) is 49.7 Å². The molecule has 1 saturated carbocycles. The summed E-state index contributed by atoms with van der Waals surface area (Å²) in [6.45, 7) is 0.629. The van der Waals surface area contributed by atoms with E-state index in [1.807, 2.05) is 0 Å². The number of aliphatic hydroxyl groups excluding tert-OH is 2. The first-order valence-electron chi connectivity index (χ1n) is 6.68. The number of halogens is 2. The van der Waals surface area contributed by atoms with Gasteiger partial charge in [-0.15, -0.1) is 0 Å². The van der Waals surface area contributed by atoms with E-state index in [-0.39, 0.29) is 18.4 Å². The summed E-state index contributed by atoms with van der Waals surface area (Å²) < 4.78 is 31.5. The Morgan fingerprint density at radius 3 is 2.62 bits per heavy atom. The van der Waals surface area contributed by atoms with Crippen LogP contribution in [0.3, 0.4) is 0 Å². The van der Waals surface area contributed by atoms with Crippen molar-refractivity contribution in [2.75, 3.05) is 13.7 Å². The second kappa shape index (κ2) is 6.93. The highest BCUT2D eigenvalue weighted by Gasteiger charge is 2.46. The van der Waals surface area contributed by atoms with Gasteiger partial charge >= 0.3 is 0 Å². The zero-order valence-corrected chi connectivity index (χ0v) is 12.0. The van der Waals surface area contributed by atoms with Gasteiger partial charge in [-0.1, -0.05) is 6.92 Å². The molecule has 21 heavy (non-hydrogen) atoms. The first-order valence-corrected chi connectivity index (χ1v) is 6.68. The number of nitrogens with one attached hydrogen (secondary N) is 1. The molecule has 0 heterocycles. The van der Waals surface area contributed by atoms with E-state index in [9.17, 15) is 23.8 Å². The summed E-state index contributed by atoms with van der Waals surface area (Å²) >= 11 is 0. The molecule has 0 radical (unpaired) electrons. The van der Waals surface area contributed by atoms with Crippen LogP contribution in [0.2, 0.25) is 0 Å². The molecular formula is C12H23F2N3O4. The first kappa shape index (κ1) is 18.2. The Bertz CT molecular complexity index is 372. The van der Waals surface area contributed by atoms with Crippen molar-refractivity contribution in [2.24, 2.45) is 17.4 Å². The molecule has 1 amide bonds. The molecule has 124 valence electrons. The van der Waals surface area contributed by atoms with Crippen molar-refractivity contribution in [3.8, 4) is 0 Å². The molecule has 7 N–H and O–H groups in total. The van der Waals surface area contributed by atoms with Crippen LogP contribution in [0.15, 0.2) is 0 Å². The number of rotatable bonds is 5. The molecule has 0 bridgehead atoms. The molecule has 9 heteroatoms. The molecule has 1 aliphatic rings. The van der Waals surface area contributed by atoms with Crippen molar-refractivity contribution >= 4 is 5.91 Å². The highest BCUT2D eigenvalue weighted by Crippen LogP contribution is 2.27. The quantitative estimate of drug-likeness (QED) is 0.406. The zero-order valence-electron chi connectivity index (χ0n) is 12.0.